The van der Waals surface area contributed by atoms with E-state index in [2.05, 4.69) is 51.5 Å². The summed E-state index contributed by atoms with van der Waals surface area (Å²) in [7, 11) is 3.91. The molecule has 1 aliphatic heterocycles. The van der Waals surface area contributed by atoms with E-state index >= 15 is 0 Å². The highest BCUT2D eigenvalue weighted by Crippen LogP contribution is 2.31. The van der Waals surface area contributed by atoms with E-state index < -0.39 is 0 Å². The van der Waals surface area contributed by atoms with Gasteiger partial charge in [-0.1, -0.05) is 0 Å². The zero-order valence-corrected chi connectivity index (χ0v) is 24.6. The second kappa shape index (κ2) is 13.0. The van der Waals surface area contributed by atoms with Gasteiger partial charge in [0, 0.05) is 60.9 Å². The molecule has 0 bridgehead atoms. The summed E-state index contributed by atoms with van der Waals surface area (Å²) in [6.45, 7) is 8.51. The van der Waals surface area contributed by atoms with Crippen LogP contribution in [0.2, 0.25) is 0 Å². The number of nitrogens with zero attached hydrogens (tertiary/aromatic N) is 5. The maximum absolute atomic E-state index is 12.6. The third kappa shape index (κ3) is 6.87. The van der Waals surface area contributed by atoms with Crippen molar-refractivity contribution in [1.82, 2.24) is 24.8 Å². The van der Waals surface area contributed by atoms with Crippen LogP contribution in [0, 0.1) is 0 Å². The third-order valence-corrected chi connectivity index (χ3v) is 7.07. The summed E-state index contributed by atoms with van der Waals surface area (Å²) in [6, 6.07) is 16.2. The van der Waals surface area contributed by atoms with Crippen LogP contribution in [-0.2, 0) is 4.74 Å². The number of likely N-dealkylation sites (N-methyl/N-ethyl adjacent to an activating group) is 1. The Balaban J connectivity index is 1.26. The topological polar surface area (TPSA) is 117 Å². The average molecular weight is 571 g/mol. The Morgan fingerprint density at radius 1 is 0.929 bits per heavy atom. The van der Waals surface area contributed by atoms with Gasteiger partial charge in [0.15, 0.2) is 5.82 Å². The molecule has 4 aromatic rings. The van der Waals surface area contributed by atoms with E-state index in [1.54, 1.807) is 24.3 Å². The molecule has 3 heterocycles. The molecule has 1 fully saturated rings. The van der Waals surface area contributed by atoms with Crippen LogP contribution in [0.5, 0.6) is 0 Å². The predicted octanol–water partition coefficient (Wildman–Crippen LogP) is 4.45. The summed E-state index contributed by atoms with van der Waals surface area (Å²) >= 11 is 0. The predicted molar refractivity (Wildman–Crippen MR) is 166 cm³/mol. The summed E-state index contributed by atoms with van der Waals surface area (Å²) in [6.07, 6.45) is 2.07. The Hall–Kier alpha value is -4.48. The first-order chi connectivity index (χ1) is 20.3. The van der Waals surface area contributed by atoms with Crippen molar-refractivity contribution < 1.29 is 14.3 Å². The number of carbonyl (C=O) groups excluding carboxylic acids is 2. The first-order valence-electron chi connectivity index (χ1n) is 14.2. The lowest BCUT2D eigenvalue weighted by Gasteiger charge is -2.28. The van der Waals surface area contributed by atoms with Crippen LogP contribution < -0.4 is 20.9 Å². The number of ether oxygens (including phenoxy) is 1. The van der Waals surface area contributed by atoms with Crippen LogP contribution in [0.15, 0.2) is 60.8 Å². The number of amides is 3. The highest BCUT2D eigenvalue weighted by Gasteiger charge is 2.20. The van der Waals surface area contributed by atoms with E-state index in [4.69, 9.17) is 14.7 Å². The number of urea groups is 1. The SMILES string of the molecule is CC(C)n1ccc2c(N3CCOCC3)nc(-c3ccc(NC(=O)Nc4ccc(C(=O)NCCN(C)C)cc4)cc3)nc21. The van der Waals surface area contributed by atoms with Crippen molar-refractivity contribution >= 4 is 40.2 Å². The van der Waals surface area contributed by atoms with E-state index in [9.17, 15) is 9.59 Å². The van der Waals surface area contributed by atoms with Crippen molar-refractivity contribution in [2.24, 2.45) is 0 Å². The Morgan fingerprint density at radius 2 is 1.57 bits per heavy atom. The second-order valence-corrected chi connectivity index (χ2v) is 10.8. The Bertz CT molecular complexity index is 1520. The molecule has 0 aliphatic carbocycles. The molecule has 3 amide bonds. The smallest absolute Gasteiger partial charge is 0.323 e. The number of hydrogen-bond acceptors (Lipinski definition) is 7. The number of benzene rings is 2. The Kier molecular flexibility index (Phi) is 8.99. The van der Waals surface area contributed by atoms with Crippen molar-refractivity contribution in [1.29, 1.82) is 0 Å². The summed E-state index contributed by atoms with van der Waals surface area (Å²) in [5.41, 5.74) is 3.50. The first-order valence-corrected chi connectivity index (χ1v) is 14.2. The van der Waals surface area contributed by atoms with Gasteiger partial charge in [-0.15, -0.1) is 0 Å². The molecule has 0 radical (unpaired) electrons. The summed E-state index contributed by atoms with van der Waals surface area (Å²) in [5.74, 6) is 1.40. The molecule has 5 rings (SSSR count). The van der Waals surface area contributed by atoms with Crippen molar-refractivity contribution in [2.75, 3.05) is 69.0 Å². The van der Waals surface area contributed by atoms with Gasteiger partial charge in [0.25, 0.3) is 5.91 Å². The quantitative estimate of drug-likeness (QED) is 0.272. The van der Waals surface area contributed by atoms with Crippen molar-refractivity contribution in [3.63, 3.8) is 0 Å². The molecular formula is C31H38N8O3. The van der Waals surface area contributed by atoms with Crippen molar-refractivity contribution in [2.45, 2.75) is 19.9 Å². The van der Waals surface area contributed by atoms with E-state index in [1.807, 2.05) is 43.3 Å². The molecule has 0 saturated carbocycles. The molecule has 1 saturated heterocycles. The Labute approximate surface area is 245 Å². The van der Waals surface area contributed by atoms with Gasteiger partial charge in [0.2, 0.25) is 0 Å². The van der Waals surface area contributed by atoms with Gasteiger partial charge >= 0.3 is 6.03 Å². The zero-order valence-electron chi connectivity index (χ0n) is 24.6. The summed E-state index contributed by atoms with van der Waals surface area (Å²) in [5, 5.41) is 9.57. The normalized spacial score (nSPS) is 13.5. The fourth-order valence-corrected chi connectivity index (χ4v) is 4.78. The molecule has 220 valence electrons. The van der Waals surface area contributed by atoms with Crippen molar-refractivity contribution in [3.05, 3.63) is 66.4 Å². The lowest BCUT2D eigenvalue weighted by molar-refractivity contribution is 0.0951. The molecule has 3 N–H and O–H groups in total. The van der Waals surface area contributed by atoms with Crippen LogP contribution in [0.25, 0.3) is 22.4 Å². The van der Waals surface area contributed by atoms with Gasteiger partial charge in [0.1, 0.15) is 11.5 Å². The maximum atomic E-state index is 12.6. The van der Waals surface area contributed by atoms with Crippen LogP contribution in [-0.4, -0.2) is 84.9 Å². The highest BCUT2D eigenvalue weighted by molar-refractivity contribution is 6.00. The number of fused-ring (bicyclic) bond motifs is 1. The van der Waals surface area contributed by atoms with E-state index in [0.29, 0.717) is 42.5 Å². The largest absolute Gasteiger partial charge is 0.378 e. The van der Waals surface area contributed by atoms with Gasteiger partial charge in [-0.05, 0) is 82.5 Å². The molecule has 11 nitrogen and oxygen atoms in total. The maximum Gasteiger partial charge on any atom is 0.323 e. The van der Waals surface area contributed by atoms with E-state index in [-0.39, 0.29) is 18.0 Å². The second-order valence-electron chi connectivity index (χ2n) is 10.8. The number of hydrogen-bond donors (Lipinski definition) is 3. The molecule has 0 spiro atoms. The fourth-order valence-electron chi connectivity index (χ4n) is 4.78. The number of morpholine rings is 1. The monoisotopic (exact) mass is 570 g/mol. The number of rotatable bonds is 9. The molecular weight excluding hydrogens is 532 g/mol. The molecule has 2 aromatic carbocycles. The minimum absolute atomic E-state index is 0.148. The third-order valence-electron chi connectivity index (χ3n) is 7.07. The standard InChI is InChI=1S/C31H38N8O3/c1-21(2)39-15-13-26-28(38-17-19-42-20-18-38)35-27(36-29(26)39)22-5-9-24(10-6-22)33-31(41)34-25-11-7-23(8-12-25)30(40)32-14-16-37(3)4/h5-13,15,21H,14,16-20H2,1-4H3,(H,32,40)(H2,33,34,41). The number of anilines is 3. The highest BCUT2D eigenvalue weighted by atomic mass is 16.5. The number of aromatic nitrogens is 3. The van der Waals surface area contributed by atoms with E-state index in [0.717, 1.165) is 42.0 Å². The Morgan fingerprint density at radius 3 is 2.19 bits per heavy atom. The molecule has 11 heteroatoms. The number of carbonyl (C=O) groups is 2. The van der Waals surface area contributed by atoms with Crippen LogP contribution in [0.1, 0.15) is 30.2 Å². The molecule has 0 unspecified atom stereocenters. The minimum atomic E-state index is -0.382. The van der Waals surface area contributed by atoms with Gasteiger partial charge in [-0.3, -0.25) is 4.79 Å². The lowest BCUT2D eigenvalue weighted by atomic mass is 10.2. The van der Waals surface area contributed by atoms with Crippen LogP contribution in [0.4, 0.5) is 22.0 Å². The van der Waals surface area contributed by atoms with Gasteiger partial charge in [-0.25, -0.2) is 14.8 Å². The molecule has 2 aromatic heterocycles. The van der Waals surface area contributed by atoms with Crippen LogP contribution >= 0.6 is 0 Å². The fraction of sp³-hybridized carbons (Fsp3) is 0.355. The number of nitrogens with one attached hydrogen (secondary N) is 3. The average Bonchev–Trinajstić information content (AvgIpc) is 3.42. The lowest BCUT2D eigenvalue weighted by Crippen LogP contribution is -2.37. The first kappa shape index (κ1) is 29.0. The van der Waals surface area contributed by atoms with Crippen LogP contribution in [0.3, 0.4) is 0 Å². The van der Waals surface area contributed by atoms with Gasteiger partial charge in [0.05, 0.1) is 18.6 Å². The van der Waals surface area contributed by atoms with Gasteiger partial charge in [-0.2, -0.15) is 0 Å². The summed E-state index contributed by atoms with van der Waals surface area (Å²) in [4.78, 5) is 39.1. The zero-order chi connectivity index (χ0) is 29.6. The van der Waals surface area contributed by atoms with Gasteiger partial charge < -0.3 is 35.1 Å². The molecule has 42 heavy (non-hydrogen) atoms. The molecule has 0 atom stereocenters. The molecule has 1 aliphatic rings. The summed E-state index contributed by atoms with van der Waals surface area (Å²) < 4.78 is 7.72. The van der Waals surface area contributed by atoms with E-state index in [1.165, 1.54) is 0 Å². The van der Waals surface area contributed by atoms with Crippen molar-refractivity contribution in [3.8, 4) is 11.4 Å². The minimum Gasteiger partial charge on any atom is -0.378 e.